The molecule has 5 heteroatoms. The molecule has 1 fully saturated rings. The third-order valence-electron chi connectivity index (χ3n) is 3.06. The van der Waals surface area contributed by atoms with Gasteiger partial charge in [-0.15, -0.1) is 0 Å². The van der Waals surface area contributed by atoms with Crippen molar-refractivity contribution in [1.29, 1.82) is 5.26 Å². The van der Waals surface area contributed by atoms with Crippen LogP contribution in [0.4, 0.5) is 0 Å². The van der Waals surface area contributed by atoms with E-state index in [4.69, 9.17) is 10.00 Å². The summed E-state index contributed by atoms with van der Waals surface area (Å²) in [5.41, 5.74) is 0.458. The van der Waals surface area contributed by atoms with Gasteiger partial charge in [0.1, 0.15) is 6.07 Å². The van der Waals surface area contributed by atoms with E-state index in [9.17, 15) is 9.90 Å². The number of ether oxygens (including phenoxy) is 1. The Morgan fingerprint density at radius 3 is 2.67 bits per heavy atom. The molecule has 1 amide bonds. The smallest absolute Gasteiger partial charge is 0.255 e. The number of rotatable bonds is 2. The summed E-state index contributed by atoms with van der Waals surface area (Å²) in [6.07, 6.45) is 1.96. The number of hydrogen-bond donors (Lipinski definition) is 1. The molecule has 94 valence electrons. The van der Waals surface area contributed by atoms with E-state index in [0.717, 1.165) is 12.8 Å². The second kappa shape index (κ2) is 4.96. The number of carbonyl (C=O) groups is 1. The number of amides is 1. The van der Waals surface area contributed by atoms with Crippen LogP contribution in [0.1, 0.15) is 28.8 Å². The van der Waals surface area contributed by atoms with Gasteiger partial charge < -0.3 is 14.7 Å². The molecular weight excluding hydrogens is 232 g/mol. The zero-order valence-corrected chi connectivity index (χ0v) is 10.1. The van der Waals surface area contributed by atoms with Gasteiger partial charge in [0.05, 0.1) is 18.2 Å². The molecule has 0 aromatic heterocycles. The lowest BCUT2D eigenvalue weighted by Crippen LogP contribution is -2.28. The molecule has 1 aliphatic rings. The second-order valence-corrected chi connectivity index (χ2v) is 4.18. The van der Waals surface area contributed by atoms with Crippen LogP contribution in [-0.2, 0) is 0 Å². The molecule has 1 aromatic rings. The first-order valence-corrected chi connectivity index (χ1v) is 5.77. The van der Waals surface area contributed by atoms with E-state index in [1.807, 2.05) is 6.07 Å². The van der Waals surface area contributed by atoms with Crippen LogP contribution in [0.5, 0.6) is 11.5 Å². The van der Waals surface area contributed by atoms with Crippen molar-refractivity contribution in [3.05, 3.63) is 23.3 Å². The van der Waals surface area contributed by atoms with E-state index in [0.29, 0.717) is 13.1 Å². The number of benzene rings is 1. The molecule has 1 heterocycles. The van der Waals surface area contributed by atoms with Crippen molar-refractivity contribution >= 4 is 5.91 Å². The summed E-state index contributed by atoms with van der Waals surface area (Å²) in [6.45, 7) is 1.41. The van der Waals surface area contributed by atoms with Crippen molar-refractivity contribution in [3.63, 3.8) is 0 Å². The van der Waals surface area contributed by atoms with Crippen LogP contribution in [0.25, 0.3) is 0 Å². The summed E-state index contributed by atoms with van der Waals surface area (Å²) in [6, 6.07) is 4.65. The molecule has 18 heavy (non-hydrogen) atoms. The average molecular weight is 246 g/mol. The highest BCUT2D eigenvalue weighted by Gasteiger charge is 2.23. The Morgan fingerprint density at radius 2 is 2.11 bits per heavy atom. The molecule has 2 rings (SSSR count). The number of hydrogen-bond acceptors (Lipinski definition) is 4. The minimum Gasteiger partial charge on any atom is -0.504 e. The largest absolute Gasteiger partial charge is 0.504 e. The van der Waals surface area contributed by atoms with Gasteiger partial charge in [0, 0.05) is 19.2 Å². The van der Waals surface area contributed by atoms with Gasteiger partial charge in [-0.1, -0.05) is 0 Å². The summed E-state index contributed by atoms with van der Waals surface area (Å²) in [5, 5.41) is 18.8. The van der Waals surface area contributed by atoms with E-state index in [1.165, 1.54) is 19.2 Å². The fraction of sp³-hybridized carbons (Fsp3) is 0.385. The third-order valence-corrected chi connectivity index (χ3v) is 3.06. The van der Waals surface area contributed by atoms with Gasteiger partial charge >= 0.3 is 0 Å². The number of phenolic OH excluding ortho intramolecular Hbond substituents is 1. The van der Waals surface area contributed by atoms with E-state index >= 15 is 0 Å². The van der Waals surface area contributed by atoms with Gasteiger partial charge in [0.25, 0.3) is 5.91 Å². The van der Waals surface area contributed by atoms with Gasteiger partial charge in [-0.3, -0.25) is 4.79 Å². The molecule has 0 saturated carbocycles. The molecule has 0 bridgehead atoms. The molecule has 0 atom stereocenters. The van der Waals surface area contributed by atoms with Crippen LogP contribution in [0, 0.1) is 11.3 Å². The van der Waals surface area contributed by atoms with Gasteiger partial charge in [0.15, 0.2) is 11.5 Å². The maximum absolute atomic E-state index is 12.2. The minimum absolute atomic E-state index is 0.126. The molecule has 1 saturated heterocycles. The topological polar surface area (TPSA) is 73.6 Å². The summed E-state index contributed by atoms with van der Waals surface area (Å²) < 4.78 is 4.92. The zero-order chi connectivity index (χ0) is 13.1. The van der Waals surface area contributed by atoms with Gasteiger partial charge in [0.2, 0.25) is 0 Å². The Hall–Kier alpha value is -2.22. The Balaban J connectivity index is 2.40. The summed E-state index contributed by atoms with van der Waals surface area (Å²) in [4.78, 5) is 13.9. The fourth-order valence-electron chi connectivity index (χ4n) is 2.09. The highest BCUT2D eigenvalue weighted by Crippen LogP contribution is 2.30. The molecule has 0 spiro atoms. The lowest BCUT2D eigenvalue weighted by Gasteiger charge is -2.16. The summed E-state index contributed by atoms with van der Waals surface area (Å²) >= 11 is 0. The summed E-state index contributed by atoms with van der Waals surface area (Å²) in [5.74, 6) is -0.134. The van der Waals surface area contributed by atoms with Gasteiger partial charge in [-0.25, -0.2) is 0 Å². The molecule has 0 radical (unpaired) electrons. The predicted octanol–water partition coefficient (Wildman–Crippen LogP) is 1.51. The van der Waals surface area contributed by atoms with Crippen LogP contribution < -0.4 is 4.74 Å². The maximum atomic E-state index is 12.2. The van der Waals surface area contributed by atoms with Crippen molar-refractivity contribution in [3.8, 4) is 17.6 Å². The first kappa shape index (κ1) is 12.2. The van der Waals surface area contributed by atoms with Crippen LogP contribution in [0.15, 0.2) is 12.1 Å². The first-order chi connectivity index (χ1) is 8.67. The predicted molar refractivity (Wildman–Crippen MR) is 64.5 cm³/mol. The summed E-state index contributed by atoms with van der Waals surface area (Å²) in [7, 11) is 1.40. The highest BCUT2D eigenvalue weighted by atomic mass is 16.5. The van der Waals surface area contributed by atoms with E-state index < -0.39 is 0 Å². The van der Waals surface area contributed by atoms with Gasteiger partial charge in [-0.2, -0.15) is 5.26 Å². The number of likely N-dealkylation sites (tertiary alicyclic amines) is 1. The Morgan fingerprint density at radius 1 is 1.44 bits per heavy atom. The maximum Gasteiger partial charge on any atom is 0.255 e. The Kier molecular flexibility index (Phi) is 3.38. The van der Waals surface area contributed by atoms with Crippen LogP contribution >= 0.6 is 0 Å². The quantitative estimate of drug-likeness (QED) is 0.858. The van der Waals surface area contributed by atoms with Crippen LogP contribution in [0.3, 0.4) is 0 Å². The standard InChI is InChI=1S/C13H14N2O3/c1-18-12-6-9(8-14)10(7-11(12)16)13(17)15-4-2-3-5-15/h6-7,16H,2-5H2,1H3. The first-order valence-electron chi connectivity index (χ1n) is 5.77. The van der Waals surface area contributed by atoms with E-state index in [-0.39, 0.29) is 28.5 Å². The fourth-order valence-corrected chi connectivity index (χ4v) is 2.09. The lowest BCUT2D eigenvalue weighted by atomic mass is 10.1. The van der Waals surface area contributed by atoms with Crippen molar-refractivity contribution in [1.82, 2.24) is 4.90 Å². The number of phenols is 1. The lowest BCUT2D eigenvalue weighted by molar-refractivity contribution is 0.0792. The number of aromatic hydroxyl groups is 1. The molecule has 0 aliphatic carbocycles. The minimum atomic E-state index is -0.206. The monoisotopic (exact) mass is 246 g/mol. The SMILES string of the molecule is COc1cc(C#N)c(C(=O)N2CCCC2)cc1O. The molecule has 5 nitrogen and oxygen atoms in total. The van der Waals surface area contributed by atoms with E-state index in [2.05, 4.69) is 0 Å². The normalized spacial score (nSPS) is 14.3. The van der Waals surface area contributed by atoms with Crippen LogP contribution in [0.2, 0.25) is 0 Å². The molecule has 1 aromatic carbocycles. The molecule has 1 N–H and O–H groups in total. The van der Waals surface area contributed by atoms with Gasteiger partial charge in [-0.05, 0) is 18.9 Å². The van der Waals surface area contributed by atoms with Crippen LogP contribution in [-0.4, -0.2) is 36.1 Å². The second-order valence-electron chi connectivity index (χ2n) is 4.18. The number of nitrogens with zero attached hydrogens (tertiary/aromatic N) is 2. The number of methoxy groups -OCH3 is 1. The molecule has 1 aliphatic heterocycles. The highest BCUT2D eigenvalue weighted by molar-refractivity contribution is 5.97. The number of carbonyl (C=O) groups excluding carboxylic acids is 1. The van der Waals surface area contributed by atoms with Crippen molar-refractivity contribution < 1.29 is 14.6 Å². The average Bonchev–Trinajstić information content (AvgIpc) is 2.91. The molecule has 0 unspecified atom stereocenters. The molecular formula is C13H14N2O3. The Bertz CT molecular complexity index is 514. The number of nitriles is 1. The van der Waals surface area contributed by atoms with Crippen molar-refractivity contribution in [2.75, 3.05) is 20.2 Å². The van der Waals surface area contributed by atoms with Crippen molar-refractivity contribution in [2.45, 2.75) is 12.8 Å². The third kappa shape index (κ3) is 2.09. The van der Waals surface area contributed by atoms with E-state index in [1.54, 1.807) is 4.90 Å². The zero-order valence-electron chi connectivity index (χ0n) is 10.1. The van der Waals surface area contributed by atoms with Crippen molar-refractivity contribution in [2.24, 2.45) is 0 Å². The Labute approximate surface area is 105 Å².